The smallest absolute Gasteiger partial charge is 0.339 e. The SMILES string of the molecule is CC(C)(C)[C@H]1CCc2nc3ccccc3c(C(=O)OCC(=O)c3cccs3)c2C1. The molecule has 0 radical (unpaired) electrons. The van der Waals surface area contributed by atoms with Gasteiger partial charge in [-0.3, -0.25) is 9.78 Å². The summed E-state index contributed by atoms with van der Waals surface area (Å²) in [6.45, 7) is 6.49. The van der Waals surface area contributed by atoms with Crippen LogP contribution in [0.2, 0.25) is 0 Å². The van der Waals surface area contributed by atoms with Gasteiger partial charge in [-0.05, 0) is 53.7 Å². The summed E-state index contributed by atoms with van der Waals surface area (Å²) in [5.41, 5.74) is 3.51. The zero-order chi connectivity index (χ0) is 20.6. The number of thiophene rings is 1. The van der Waals surface area contributed by atoms with Crippen LogP contribution < -0.4 is 0 Å². The van der Waals surface area contributed by atoms with Crippen molar-refractivity contribution in [3.8, 4) is 0 Å². The van der Waals surface area contributed by atoms with Gasteiger partial charge >= 0.3 is 5.97 Å². The number of hydrogen-bond donors (Lipinski definition) is 0. The predicted molar refractivity (Wildman–Crippen MR) is 116 cm³/mol. The number of carbonyl (C=O) groups excluding carboxylic acids is 2. The quantitative estimate of drug-likeness (QED) is 0.424. The normalized spacial score (nSPS) is 16.4. The van der Waals surface area contributed by atoms with Crippen molar-refractivity contribution in [2.24, 2.45) is 11.3 Å². The van der Waals surface area contributed by atoms with Crippen molar-refractivity contribution in [1.29, 1.82) is 0 Å². The minimum Gasteiger partial charge on any atom is -0.454 e. The maximum Gasteiger partial charge on any atom is 0.339 e. The molecule has 2 aromatic heterocycles. The molecule has 5 heteroatoms. The standard InChI is InChI=1S/C24H25NO3S/c1-24(2,3)15-10-11-19-17(13-15)22(16-7-4-5-8-18(16)25-19)23(27)28-14-20(26)21-9-6-12-29-21/h4-9,12,15H,10-11,13-14H2,1-3H3/t15-/m0/s1. The molecule has 0 saturated heterocycles. The van der Waals surface area contributed by atoms with E-state index in [0.29, 0.717) is 16.4 Å². The number of ether oxygens (including phenoxy) is 1. The fourth-order valence-electron chi connectivity index (χ4n) is 4.07. The molecule has 0 unspecified atom stereocenters. The Morgan fingerprint density at radius 3 is 2.69 bits per heavy atom. The van der Waals surface area contributed by atoms with Crippen LogP contribution in [0.3, 0.4) is 0 Å². The second-order valence-corrected chi connectivity index (χ2v) is 9.66. The maximum absolute atomic E-state index is 13.2. The van der Waals surface area contributed by atoms with Gasteiger partial charge in [0.25, 0.3) is 0 Å². The average molecular weight is 408 g/mol. The number of para-hydroxylation sites is 1. The summed E-state index contributed by atoms with van der Waals surface area (Å²) in [7, 11) is 0. The number of ketones is 1. The van der Waals surface area contributed by atoms with Crippen molar-refractivity contribution in [3.63, 3.8) is 0 Å². The molecule has 0 bridgehead atoms. The van der Waals surface area contributed by atoms with Crippen molar-refractivity contribution in [2.75, 3.05) is 6.61 Å². The van der Waals surface area contributed by atoms with E-state index in [9.17, 15) is 9.59 Å². The van der Waals surface area contributed by atoms with Crippen LogP contribution in [0, 0.1) is 11.3 Å². The summed E-state index contributed by atoms with van der Waals surface area (Å²) in [4.78, 5) is 30.9. The lowest BCUT2D eigenvalue weighted by atomic mass is 9.70. The first-order valence-corrected chi connectivity index (χ1v) is 10.9. The highest BCUT2D eigenvalue weighted by Crippen LogP contribution is 2.39. The summed E-state index contributed by atoms with van der Waals surface area (Å²) in [5, 5.41) is 2.64. The third-order valence-corrected chi connectivity index (χ3v) is 6.73. The first-order chi connectivity index (χ1) is 13.8. The van der Waals surface area contributed by atoms with E-state index in [4.69, 9.17) is 9.72 Å². The molecule has 0 amide bonds. The summed E-state index contributed by atoms with van der Waals surface area (Å²) >= 11 is 1.36. The van der Waals surface area contributed by atoms with Crippen LogP contribution in [0.4, 0.5) is 0 Å². The predicted octanol–water partition coefficient (Wildman–Crippen LogP) is 5.49. The number of hydrogen-bond acceptors (Lipinski definition) is 5. The molecule has 1 atom stereocenters. The molecule has 0 N–H and O–H groups in total. The van der Waals surface area contributed by atoms with Crippen LogP contribution in [-0.2, 0) is 17.6 Å². The molecule has 0 saturated carbocycles. The fraction of sp³-hybridized carbons (Fsp3) is 0.375. The Labute approximate surface area is 174 Å². The summed E-state index contributed by atoms with van der Waals surface area (Å²) in [6, 6.07) is 11.3. The van der Waals surface area contributed by atoms with Gasteiger partial charge in [0.05, 0.1) is 16.0 Å². The molecular formula is C24H25NO3S. The fourth-order valence-corrected chi connectivity index (χ4v) is 4.72. The first kappa shape index (κ1) is 19.8. The Kier molecular flexibility index (Phi) is 5.26. The Morgan fingerprint density at radius 1 is 1.17 bits per heavy atom. The number of Topliss-reactive ketones (excluding diaryl/α,β-unsaturated/α-hetero) is 1. The zero-order valence-corrected chi connectivity index (χ0v) is 17.8. The van der Waals surface area contributed by atoms with Gasteiger partial charge in [0.2, 0.25) is 5.78 Å². The maximum atomic E-state index is 13.2. The van der Waals surface area contributed by atoms with Crippen LogP contribution in [0.5, 0.6) is 0 Å². The molecule has 150 valence electrons. The van der Waals surface area contributed by atoms with E-state index in [0.717, 1.165) is 41.4 Å². The van der Waals surface area contributed by atoms with Gasteiger partial charge in [0.1, 0.15) is 0 Å². The summed E-state index contributed by atoms with van der Waals surface area (Å²) in [6.07, 6.45) is 2.73. The number of aryl methyl sites for hydroxylation is 1. The molecule has 0 fully saturated rings. The van der Waals surface area contributed by atoms with E-state index in [1.807, 2.05) is 35.7 Å². The Hall–Kier alpha value is -2.53. The molecule has 1 aromatic carbocycles. The number of pyridine rings is 1. The minimum absolute atomic E-state index is 0.152. The van der Waals surface area contributed by atoms with Gasteiger partial charge in [-0.1, -0.05) is 45.0 Å². The number of fused-ring (bicyclic) bond motifs is 2. The van der Waals surface area contributed by atoms with Crippen LogP contribution in [0.25, 0.3) is 10.9 Å². The van der Waals surface area contributed by atoms with Crippen molar-refractivity contribution in [1.82, 2.24) is 4.98 Å². The third kappa shape index (κ3) is 3.97. The molecule has 29 heavy (non-hydrogen) atoms. The Balaban J connectivity index is 1.70. The molecular weight excluding hydrogens is 382 g/mol. The van der Waals surface area contributed by atoms with E-state index >= 15 is 0 Å². The lowest BCUT2D eigenvalue weighted by molar-refractivity contribution is 0.0475. The summed E-state index contributed by atoms with van der Waals surface area (Å²) < 4.78 is 5.50. The molecule has 1 aliphatic carbocycles. The highest BCUT2D eigenvalue weighted by atomic mass is 32.1. The zero-order valence-electron chi connectivity index (χ0n) is 17.0. The molecule has 4 rings (SSSR count). The van der Waals surface area contributed by atoms with Crippen LogP contribution in [0.1, 0.15) is 58.5 Å². The third-order valence-electron chi connectivity index (χ3n) is 5.82. The van der Waals surface area contributed by atoms with Crippen molar-refractivity contribution >= 4 is 34.0 Å². The molecule has 1 aliphatic rings. The second-order valence-electron chi connectivity index (χ2n) is 8.71. The lowest BCUT2D eigenvalue weighted by Gasteiger charge is -2.35. The van der Waals surface area contributed by atoms with Crippen molar-refractivity contribution < 1.29 is 14.3 Å². The molecule has 4 nitrogen and oxygen atoms in total. The Morgan fingerprint density at radius 2 is 1.97 bits per heavy atom. The van der Waals surface area contributed by atoms with Gasteiger partial charge in [0.15, 0.2) is 6.61 Å². The number of esters is 1. The van der Waals surface area contributed by atoms with E-state index in [-0.39, 0.29) is 17.8 Å². The van der Waals surface area contributed by atoms with Crippen LogP contribution in [-0.4, -0.2) is 23.3 Å². The number of aromatic nitrogens is 1. The molecule has 0 aliphatic heterocycles. The first-order valence-electron chi connectivity index (χ1n) is 9.99. The van der Waals surface area contributed by atoms with Gasteiger partial charge in [-0.25, -0.2) is 4.79 Å². The van der Waals surface area contributed by atoms with Gasteiger partial charge in [-0.15, -0.1) is 11.3 Å². The van der Waals surface area contributed by atoms with Gasteiger partial charge in [0, 0.05) is 11.1 Å². The van der Waals surface area contributed by atoms with Crippen molar-refractivity contribution in [2.45, 2.75) is 40.0 Å². The van der Waals surface area contributed by atoms with Gasteiger partial charge < -0.3 is 4.74 Å². The summed E-state index contributed by atoms with van der Waals surface area (Å²) in [5.74, 6) is -0.135. The average Bonchev–Trinajstić information content (AvgIpc) is 3.23. The number of carbonyl (C=O) groups is 2. The van der Waals surface area contributed by atoms with E-state index in [2.05, 4.69) is 20.8 Å². The largest absolute Gasteiger partial charge is 0.454 e. The topological polar surface area (TPSA) is 56.3 Å². The van der Waals surface area contributed by atoms with Crippen LogP contribution in [0.15, 0.2) is 41.8 Å². The van der Waals surface area contributed by atoms with E-state index < -0.39 is 5.97 Å². The monoisotopic (exact) mass is 407 g/mol. The highest BCUT2D eigenvalue weighted by Gasteiger charge is 2.33. The van der Waals surface area contributed by atoms with Crippen molar-refractivity contribution in [3.05, 3.63) is 63.5 Å². The van der Waals surface area contributed by atoms with Gasteiger partial charge in [-0.2, -0.15) is 0 Å². The number of rotatable bonds is 4. The number of nitrogens with zero attached hydrogens (tertiary/aromatic N) is 1. The van der Waals surface area contributed by atoms with E-state index in [1.165, 1.54) is 11.3 Å². The van der Waals surface area contributed by atoms with E-state index in [1.54, 1.807) is 6.07 Å². The molecule has 3 aromatic rings. The van der Waals surface area contributed by atoms with Crippen LogP contribution >= 0.6 is 11.3 Å². The highest BCUT2D eigenvalue weighted by molar-refractivity contribution is 7.12. The lowest BCUT2D eigenvalue weighted by Crippen LogP contribution is -2.29. The molecule has 2 heterocycles. The molecule has 0 spiro atoms. The minimum atomic E-state index is -0.431. The Bertz CT molecular complexity index is 1060. The second kappa shape index (κ2) is 7.71. The number of benzene rings is 1.